The number of amides is 1. The first-order valence-electron chi connectivity index (χ1n) is 7.60. The van der Waals surface area contributed by atoms with Crippen molar-refractivity contribution in [3.63, 3.8) is 0 Å². The van der Waals surface area contributed by atoms with E-state index in [2.05, 4.69) is 20.4 Å². The van der Waals surface area contributed by atoms with Gasteiger partial charge in [-0.05, 0) is 26.1 Å². The van der Waals surface area contributed by atoms with Crippen molar-refractivity contribution in [1.29, 1.82) is 0 Å². The second-order valence-corrected chi connectivity index (χ2v) is 5.55. The van der Waals surface area contributed by atoms with Gasteiger partial charge in [-0.1, -0.05) is 0 Å². The molecule has 1 aromatic heterocycles. The molecular formula is C15H26N4O2. The molecule has 1 aliphatic heterocycles. The number of carbonyl (C=O) groups is 1. The molecule has 2 heterocycles. The second-order valence-electron chi connectivity index (χ2n) is 5.55. The van der Waals surface area contributed by atoms with Crippen LogP contribution in [0.1, 0.15) is 12.7 Å². The summed E-state index contributed by atoms with van der Waals surface area (Å²) in [6.45, 7) is 8.59. The van der Waals surface area contributed by atoms with Gasteiger partial charge in [0.05, 0.1) is 18.8 Å². The number of likely N-dealkylation sites (N-methyl/N-ethyl adjacent to an activating group) is 1. The normalized spacial score (nSPS) is 17.9. The third kappa shape index (κ3) is 5.15. The molecule has 118 valence electrons. The standard InChI is InChI=1S/C15H26N4O2/c1-13(15(20)17-12-14-4-3-11-21-14)18(2)9-10-19-7-5-16-6-8-19/h3-4,11,13,16H,5-10,12H2,1-2H3,(H,17,20). The van der Waals surface area contributed by atoms with E-state index in [0.29, 0.717) is 6.54 Å². The molecule has 1 aromatic rings. The number of nitrogens with zero attached hydrogens (tertiary/aromatic N) is 2. The van der Waals surface area contributed by atoms with Crippen molar-refractivity contribution in [2.45, 2.75) is 19.5 Å². The molecule has 1 unspecified atom stereocenters. The average Bonchev–Trinajstić information content (AvgIpc) is 3.04. The molecule has 1 aliphatic rings. The summed E-state index contributed by atoms with van der Waals surface area (Å²) in [5, 5.41) is 6.25. The Morgan fingerprint density at radius 1 is 1.52 bits per heavy atom. The van der Waals surface area contributed by atoms with Crippen molar-refractivity contribution in [3.8, 4) is 0 Å². The Bertz CT molecular complexity index is 415. The SMILES string of the molecule is CC(C(=O)NCc1ccco1)N(C)CCN1CCNCC1. The molecule has 21 heavy (non-hydrogen) atoms. The van der Waals surface area contributed by atoms with E-state index in [9.17, 15) is 4.79 Å². The van der Waals surface area contributed by atoms with E-state index in [1.165, 1.54) is 0 Å². The Morgan fingerprint density at radius 2 is 2.29 bits per heavy atom. The molecule has 6 heteroatoms. The van der Waals surface area contributed by atoms with E-state index in [4.69, 9.17) is 4.42 Å². The van der Waals surface area contributed by atoms with E-state index in [1.54, 1.807) is 6.26 Å². The highest BCUT2D eigenvalue weighted by atomic mass is 16.3. The summed E-state index contributed by atoms with van der Waals surface area (Å²) in [7, 11) is 2.00. The summed E-state index contributed by atoms with van der Waals surface area (Å²) in [5.41, 5.74) is 0. The van der Waals surface area contributed by atoms with Crippen LogP contribution < -0.4 is 10.6 Å². The molecule has 1 atom stereocenters. The molecule has 0 aromatic carbocycles. The van der Waals surface area contributed by atoms with Crippen LogP contribution in [0.5, 0.6) is 0 Å². The van der Waals surface area contributed by atoms with Gasteiger partial charge in [-0.2, -0.15) is 0 Å². The fraction of sp³-hybridized carbons (Fsp3) is 0.667. The van der Waals surface area contributed by atoms with Gasteiger partial charge >= 0.3 is 0 Å². The van der Waals surface area contributed by atoms with Crippen LogP contribution in [-0.4, -0.2) is 68.1 Å². The van der Waals surface area contributed by atoms with E-state index >= 15 is 0 Å². The topological polar surface area (TPSA) is 60.8 Å². The van der Waals surface area contributed by atoms with Crippen molar-refractivity contribution < 1.29 is 9.21 Å². The zero-order valence-electron chi connectivity index (χ0n) is 13.0. The smallest absolute Gasteiger partial charge is 0.237 e. The number of carbonyl (C=O) groups excluding carboxylic acids is 1. The van der Waals surface area contributed by atoms with Gasteiger partial charge in [0.2, 0.25) is 5.91 Å². The zero-order valence-corrected chi connectivity index (χ0v) is 13.0. The van der Waals surface area contributed by atoms with Gasteiger partial charge in [0, 0.05) is 39.3 Å². The molecule has 0 bridgehead atoms. The van der Waals surface area contributed by atoms with Crippen LogP contribution in [0.4, 0.5) is 0 Å². The summed E-state index contributed by atoms with van der Waals surface area (Å²) >= 11 is 0. The van der Waals surface area contributed by atoms with Crippen LogP contribution in [0.2, 0.25) is 0 Å². The molecular weight excluding hydrogens is 268 g/mol. The lowest BCUT2D eigenvalue weighted by molar-refractivity contribution is -0.125. The molecule has 0 radical (unpaired) electrons. The summed E-state index contributed by atoms with van der Waals surface area (Å²) < 4.78 is 5.21. The van der Waals surface area contributed by atoms with E-state index < -0.39 is 0 Å². The molecule has 0 aliphatic carbocycles. The van der Waals surface area contributed by atoms with E-state index in [-0.39, 0.29) is 11.9 Å². The van der Waals surface area contributed by atoms with Crippen LogP contribution in [0.25, 0.3) is 0 Å². The predicted molar refractivity (Wildman–Crippen MR) is 82.0 cm³/mol. The maximum absolute atomic E-state index is 12.1. The Labute approximate surface area is 126 Å². The van der Waals surface area contributed by atoms with Crippen molar-refractivity contribution >= 4 is 5.91 Å². The molecule has 2 rings (SSSR count). The number of rotatable bonds is 7. The first-order chi connectivity index (χ1) is 10.2. The van der Waals surface area contributed by atoms with Gasteiger partial charge in [-0.3, -0.25) is 14.6 Å². The van der Waals surface area contributed by atoms with Crippen molar-refractivity contribution in [3.05, 3.63) is 24.2 Å². The number of nitrogens with one attached hydrogen (secondary N) is 2. The molecule has 0 saturated carbocycles. The highest BCUT2D eigenvalue weighted by Gasteiger charge is 2.19. The summed E-state index contributed by atoms with van der Waals surface area (Å²) in [4.78, 5) is 16.6. The van der Waals surface area contributed by atoms with Gasteiger partial charge < -0.3 is 15.1 Å². The molecule has 0 spiro atoms. The lowest BCUT2D eigenvalue weighted by Crippen LogP contribution is -2.49. The molecule has 2 N–H and O–H groups in total. The highest BCUT2D eigenvalue weighted by molar-refractivity contribution is 5.81. The van der Waals surface area contributed by atoms with Crippen LogP contribution in [0.15, 0.2) is 22.8 Å². The first kappa shape index (κ1) is 16.0. The predicted octanol–water partition coefficient (Wildman–Crippen LogP) is 0.121. The summed E-state index contributed by atoms with van der Waals surface area (Å²) in [6, 6.07) is 3.55. The number of piperazine rings is 1. The van der Waals surface area contributed by atoms with E-state index in [1.807, 2.05) is 26.1 Å². The maximum Gasteiger partial charge on any atom is 0.237 e. The average molecular weight is 294 g/mol. The van der Waals surface area contributed by atoms with Crippen LogP contribution >= 0.6 is 0 Å². The van der Waals surface area contributed by atoms with Gasteiger partial charge in [0.1, 0.15) is 5.76 Å². The summed E-state index contributed by atoms with van der Waals surface area (Å²) in [5.74, 6) is 0.813. The highest BCUT2D eigenvalue weighted by Crippen LogP contribution is 2.01. The molecule has 1 fully saturated rings. The van der Waals surface area contributed by atoms with Gasteiger partial charge in [0.25, 0.3) is 0 Å². The second kappa shape index (κ2) is 8.17. The minimum absolute atomic E-state index is 0.0363. The molecule has 1 amide bonds. The third-order valence-corrected chi connectivity index (χ3v) is 4.04. The molecule has 6 nitrogen and oxygen atoms in total. The lowest BCUT2D eigenvalue weighted by Gasteiger charge is -2.30. The van der Waals surface area contributed by atoms with Crippen LogP contribution in [-0.2, 0) is 11.3 Å². The quantitative estimate of drug-likeness (QED) is 0.748. The van der Waals surface area contributed by atoms with Crippen LogP contribution in [0, 0.1) is 0 Å². The zero-order chi connectivity index (χ0) is 15.1. The largest absolute Gasteiger partial charge is 0.467 e. The van der Waals surface area contributed by atoms with E-state index in [0.717, 1.165) is 45.0 Å². The third-order valence-electron chi connectivity index (χ3n) is 4.04. The number of furan rings is 1. The molecule has 1 saturated heterocycles. The van der Waals surface area contributed by atoms with Crippen LogP contribution in [0.3, 0.4) is 0 Å². The Hall–Kier alpha value is -1.37. The lowest BCUT2D eigenvalue weighted by atomic mass is 10.2. The Kier molecular flexibility index (Phi) is 6.22. The minimum Gasteiger partial charge on any atom is -0.467 e. The fourth-order valence-electron chi connectivity index (χ4n) is 2.36. The monoisotopic (exact) mass is 294 g/mol. The fourth-order valence-corrected chi connectivity index (χ4v) is 2.36. The van der Waals surface area contributed by atoms with Crippen molar-refractivity contribution in [1.82, 2.24) is 20.4 Å². The minimum atomic E-state index is -0.136. The van der Waals surface area contributed by atoms with Gasteiger partial charge in [-0.15, -0.1) is 0 Å². The number of hydrogen-bond donors (Lipinski definition) is 2. The summed E-state index contributed by atoms with van der Waals surface area (Å²) in [6.07, 6.45) is 1.62. The maximum atomic E-state index is 12.1. The Balaban J connectivity index is 1.67. The van der Waals surface area contributed by atoms with Crippen molar-refractivity contribution in [2.24, 2.45) is 0 Å². The van der Waals surface area contributed by atoms with Crippen molar-refractivity contribution in [2.75, 3.05) is 46.3 Å². The Morgan fingerprint density at radius 3 is 2.95 bits per heavy atom. The number of hydrogen-bond acceptors (Lipinski definition) is 5. The first-order valence-corrected chi connectivity index (χ1v) is 7.60. The van der Waals surface area contributed by atoms with Gasteiger partial charge in [-0.25, -0.2) is 0 Å². The van der Waals surface area contributed by atoms with Gasteiger partial charge in [0.15, 0.2) is 0 Å².